The van der Waals surface area contributed by atoms with E-state index in [-0.39, 0.29) is 40.5 Å². The number of rotatable bonds is 8. The van der Waals surface area contributed by atoms with Crippen LogP contribution in [0.3, 0.4) is 0 Å². The molecule has 41 heavy (non-hydrogen) atoms. The molecule has 15 heteroatoms. The highest BCUT2D eigenvalue weighted by molar-refractivity contribution is 7.50. The fourth-order valence-corrected chi connectivity index (χ4v) is 5.75. The van der Waals surface area contributed by atoms with Crippen molar-refractivity contribution >= 4 is 36.6 Å². The zero-order chi connectivity index (χ0) is 29.7. The van der Waals surface area contributed by atoms with Crippen LogP contribution in [-0.2, 0) is 23.4 Å². The van der Waals surface area contributed by atoms with Crippen LogP contribution in [0.2, 0.25) is 0 Å². The largest absolute Gasteiger partial charge is 0.495 e. The lowest BCUT2D eigenvalue weighted by molar-refractivity contribution is -0.137. The monoisotopic (exact) mass is 593 g/mol. The van der Waals surface area contributed by atoms with E-state index >= 15 is 0 Å². The molecule has 0 saturated heterocycles. The number of methoxy groups -OCH3 is 1. The minimum absolute atomic E-state index is 0.0655. The number of alkyl halides is 3. The van der Waals surface area contributed by atoms with E-state index in [1.807, 2.05) is 0 Å². The molecular formula is C26H27F3N5O6P. The van der Waals surface area contributed by atoms with Crippen molar-refractivity contribution in [2.45, 2.75) is 43.7 Å². The zero-order valence-corrected chi connectivity index (χ0v) is 22.8. The first-order valence-corrected chi connectivity index (χ1v) is 14.3. The Morgan fingerprint density at radius 2 is 1.85 bits per heavy atom. The van der Waals surface area contributed by atoms with Crippen molar-refractivity contribution in [1.82, 2.24) is 14.9 Å². The van der Waals surface area contributed by atoms with Crippen LogP contribution in [0.5, 0.6) is 5.75 Å². The first-order valence-electron chi connectivity index (χ1n) is 12.5. The van der Waals surface area contributed by atoms with Crippen LogP contribution in [0, 0.1) is 0 Å². The molecule has 3 aromatic rings. The molecule has 2 aliphatic rings. The van der Waals surface area contributed by atoms with E-state index < -0.39 is 37.4 Å². The van der Waals surface area contributed by atoms with Crippen LogP contribution in [0.4, 0.5) is 36.3 Å². The number of benzene rings is 2. The maximum Gasteiger partial charge on any atom is 0.421 e. The van der Waals surface area contributed by atoms with E-state index in [2.05, 4.69) is 20.6 Å². The molecule has 0 bridgehead atoms. The molecule has 1 aromatic heterocycles. The van der Waals surface area contributed by atoms with Gasteiger partial charge in [-0.25, -0.2) is 4.98 Å². The fraction of sp³-hybridized carbons (Fsp3) is 0.346. The molecule has 0 unspecified atom stereocenters. The number of hydrogen-bond donors (Lipinski definition) is 5. The first kappa shape index (κ1) is 28.8. The number of ether oxygens (including phenoxy) is 1. The van der Waals surface area contributed by atoms with Gasteiger partial charge in [-0.15, -0.1) is 0 Å². The summed E-state index contributed by atoms with van der Waals surface area (Å²) in [5.41, 5.74) is 1.41. The number of hydrogen-bond acceptors (Lipinski definition) is 8. The second-order valence-corrected chi connectivity index (χ2v) is 11.7. The quantitative estimate of drug-likeness (QED) is 0.236. The number of aliphatic hydroxyl groups excluding tert-OH is 1. The van der Waals surface area contributed by atoms with Gasteiger partial charge in [0.1, 0.15) is 17.1 Å². The number of aromatic nitrogens is 2. The number of aliphatic hydroxyl groups is 1. The Hall–Kier alpha value is -3.71. The second kappa shape index (κ2) is 10.6. The number of carbonyl (C=O) groups is 1. The third-order valence-corrected chi connectivity index (χ3v) is 7.88. The average Bonchev–Trinajstić information content (AvgIpc) is 3.16. The van der Waals surface area contributed by atoms with Crippen LogP contribution in [0.15, 0.2) is 36.5 Å². The molecule has 0 spiro atoms. The third-order valence-electron chi connectivity index (χ3n) is 7.11. The topological polar surface area (TPSA) is 157 Å². The molecule has 1 aliphatic carbocycles. The average molecular weight is 593 g/mol. The van der Waals surface area contributed by atoms with Gasteiger partial charge in [0.25, 0.3) is 5.91 Å². The Kier molecular flexibility index (Phi) is 7.45. The van der Waals surface area contributed by atoms with Crippen LogP contribution < -0.4 is 15.4 Å². The normalized spacial score (nSPS) is 18.6. The van der Waals surface area contributed by atoms with Gasteiger partial charge in [-0.05, 0) is 53.6 Å². The van der Waals surface area contributed by atoms with E-state index in [1.165, 1.54) is 30.2 Å². The van der Waals surface area contributed by atoms with Crippen molar-refractivity contribution < 1.29 is 42.2 Å². The SMILES string of the molecule is COc1cc(CP(=O)(O)O)ccc1Nc1ncc(C(F)(F)F)c(Nc2ccc(C3CC(O)C3)c3c2C(=O)N(C)C3)n1. The number of amides is 1. The Bertz CT molecular complexity index is 1560. The van der Waals surface area contributed by atoms with Crippen LogP contribution in [0.25, 0.3) is 0 Å². The minimum Gasteiger partial charge on any atom is -0.495 e. The molecule has 11 nitrogen and oxygen atoms in total. The van der Waals surface area contributed by atoms with E-state index in [1.54, 1.807) is 19.2 Å². The number of nitrogens with one attached hydrogen (secondary N) is 2. The van der Waals surface area contributed by atoms with Gasteiger partial charge in [0.2, 0.25) is 5.95 Å². The summed E-state index contributed by atoms with van der Waals surface area (Å²) >= 11 is 0. The maximum atomic E-state index is 14.0. The second-order valence-electron chi connectivity index (χ2n) is 10.1. The van der Waals surface area contributed by atoms with Crippen molar-refractivity contribution in [3.05, 3.63) is 64.3 Å². The van der Waals surface area contributed by atoms with Gasteiger partial charge >= 0.3 is 13.8 Å². The lowest BCUT2D eigenvalue weighted by Crippen LogP contribution is -2.27. The van der Waals surface area contributed by atoms with Crippen molar-refractivity contribution in [2.75, 3.05) is 24.8 Å². The van der Waals surface area contributed by atoms with E-state index in [9.17, 15) is 37.4 Å². The molecule has 1 fully saturated rings. The zero-order valence-electron chi connectivity index (χ0n) is 21.9. The predicted molar refractivity (Wildman–Crippen MR) is 143 cm³/mol. The Labute approximate surface area is 232 Å². The Balaban J connectivity index is 1.50. The summed E-state index contributed by atoms with van der Waals surface area (Å²) in [7, 11) is -1.41. The van der Waals surface area contributed by atoms with Gasteiger partial charge < -0.3 is 35.2 Å². The van der Waals surface area contributed by atoms with Crippen LogP contribution in [-0.4, -0.2) is 55.9 Å². The number of fused-ring (bicyclic) bond motifs is 1. The highest BCUT2D eigenvalue weighted by Crippen LogP contribution is 2.44. The lowest BCUT2D eigenvalue weighted by atomic mass is 9.75. The molecule has 1 saturated carbocycles. The molecule has 0 atom stereocenters. The van der Waals surface area contributed by atoms with Crippen molar-refractivity contribution in [2.24, 2.45) is 0 Å². The fourth-order valence-electron chi connectivity index (χ4n) is 5.07. The summed E-state index contributed by atoms with van der Waals surface area (Å²) in [5.74, 6) is -0.914. The van der Waals surface area contributed by atoms with Gasteiger partial charge in [-0.1, -0.05) is 12.1 Å². The molecular weight excluding hydrogens is 566 g/mol. The summed E-state index contributed by atoms with van der Waals surface area (Å²) in [5, 5.41) is 15.2. The van der Waals surface area contributed by atoms with Gasteiger partial charge in [0, 0.05) is 19.8 Å². The van der Waals surface area contributed by atoms with E-state index in [4.69, 9.17) is 4.74 Å². The van der Waals surface area contributed by atoms with E-state index in [0.29, 0.717) is 36.7 Å². The van der Waals surface area contributed by atoms with Gasteiger partial charge in [0.15, 0.2) is 0 Å². The summed E-state index contributed by atoms with van der Waals surface area (Å²) < 4.78 is 58.5. The molecule has 218 valence electrons. The molecule has 0 radical (unpaired) electrons. The highest BCUT2D eigenvalue weighted by atomic mass is 31.2. The van der Waals surface area contributed by atoms with Crippen LogP contribution >= 0.6 is 7.60 Å². The Morgan fingerprint density at radius 3 is 2.49 bits per heavy atom. The minimum atomic E-state index is -4.81. The number of carbonyl (C=O) groups excluding carboxylic acids is 1. The number of anilines is 4. The van der Waals surface area contributed by atoms with Crippen LogP contribution in [0.1, 0.15) is 51.4 Å². The van der Waals surface area contributed by atoms with Gasteiger partial charge in [0.05, 0.1) is 36.3 Å². The summed E-state index contributed by atoms with van der Waals surface area (Å²) in [6, 6.07) is 7.57. The molecule has 2 heterocycles. The van der Waals surface area contributed by atoms with Crippen molar-refractivity contribution in [3.63, 3.8) is 0 Å². The first-order chi connectivity index (χ1) is 19.2. The number of halogens is 3. The van der Waals surface area contributed by atoms with Gasteiger partial charge in [-0.3, -0.25) is 9.36 Å². The summed E-state index contributed by atoms with van der Waals surface area (Å²) in [4.78, 5) is 40.9. The standard InChI is InChI=1S/C26H27F3N5O6P/c1-34-11-17-16(14-8-15(35)9-14)4-6-20(22(17)24(34)36)31-23-18(26(27,28)29)10-30-25(33-23)32-19-5-3-13(7-21(19)40-2)12-41(37,38)39/h3-7,10,14-15,35H,8-9,11-12H2,1-2H3,(H2,37,38,39)(H2,30,31,32,33). The molecule has 1 amide bonds. The van der Waals surface area contributed by atoms with Crippen molar-refractivity contribution in [3.8, 4) is 5.75 Å². The summed E-state index contributed by atoms with van der Waals surface area (Å²) in [6.45, 7) is 0.298. The van der Waals surface area contributed by atoms with E-state index in [0.717, 1.165) is 5.56 Å². The molecule has 5 N–H and O–H groups in total. The van der Waals surface area contributed by atoms with Gasteiger partial charge in [-0.2, -0.15) is 18.2 Å². The highest BCUT2D eigenvalue weighted by Gasteiger charge is 2.38. The maximum absolute atomic E-state index is 14.0. The predicted octanol–water partition coefficient (Wildman–Crippen LogP) is 4.49. The molecule has 2 aromatic carbocycles. The molecule has 5 rings (SSSR count). The van der Waals surface area contributed by atoms with Crippen molar-refractivity contribution in [1.29, 1.82) is 0 Å². The Morgan fingerprint density at radius 1 is 1.15 bits per heavy atom. The lowest BCUT2D eigenvalue weighted by Gasteiger charge is -2.33. The smallest absolute Gasteiger partial charge is 0.421 e. The third kappa shape index (κ3) is 6.01. The number of nitrogens with zero attached hydrogens (tertiary/aromatic N) is 3. The summed E-state index contributed by atoms with van der Waals surface area (Å²) in [6.07, 6.45) is -4.02. The molecule has 1 aliphatic heterocycles.